The lowest BCUT2D eigenvalue weighted by Crippen LogP contribution is -2.38. The molecule has 0 aromatic carbocycles. The standard InChI is InChI=1S/C9H12IN3O/c10-7-4-12-9(13-5-7)14-8-1-6(2-8)3-11/h4-6,8H,1-3,11H2. The van der Waals surface area contributed by atoms with E-state index >= 15 is 0 Å². The summed E-state index contributed by atoms with van der Waals surface area (Å²) in [6.45, 7) is 0.757. The molecule has 14 heavy (non-hydrogen) atoms. The fourth-order valence-corrected chi connectivity index (χ4v) is 1.75. The van der Waals surface area contributed by atoms with Crippen LogP contribution in [0.1, 0.15) is 12.8 Å². The third-order valence-corrected chi connectivity index (χ3v) is 2.95. The molecule has 0 unspecified atom stereocenters. The predicted molar refractivity (Wildman–Crippen MR) is 60.9 cm³/mol. The average molecular weight is 305 g/mol. The zero-order valence-electron chi connectivity index (χ0n) is 7.69. The molecule has 0 amide bonds. The van der Waals surface area contributed by atoms with Crippen LogP contribution in [0.3, 0.4) is 0 Å². The van der Waals surface area contributed by atoms with E-state index in [9.17, 15) is 0 Å². The Labute approximate surface area is 96.4 Å². The normalized spacial score (nSPS) is 25.6. The average Bonchev–Trinajstić information content (AvgIpc) is 2.13. The molecule has 76 valence electrons. The van der Waals surface area contributed by atoms with Gasteiger partial charge in [0.05, 0.1) is 0 Å². The molecule has 1 saturated carbocycles. The van der Waals surface area contributed by atoms with Crippen molar-refractivity contribution in [2.75, 3.05) is 6.54 Å². The minimum Gasteiger partial charge on any atom is -0.460 e. The molecule has 1 fully saturated rings. The Balaban J connectivity index is 1.84. The molecule has 0 radical (unpaired) electrons. The van der Waals surface area contributed by atoms with Crippen molar-refractivity contribution < 1.29 is 4.74 Å². The fourth-order valence-electron chi connectivity index (χ4n) is 1.47. The number of hydrogen-bond acceptors (Lipinski definition) is 4. The molecule has 1 aliphatic carbocycles. The van der Waals surface area contributed by atoms with Gasteiger partial charge in [0.25, 0.3) is 0 Å². The van der Waals surface area contributed by atoms with E-state index in [0.29, 0.717) is 11.9 Å². The lowest BCUT2D eigenvalue weighted by Gasteiger charge is -2.33. The van der Waals surface area contributed by atoms with Crippen LogP contribution in [0.5, 0.6) is 6.01 Å². The summed E-state index contributed by atoms with van der Waals surface area (Å²) in [5.41, 5.74) is 5.52. The first kappa shape index (κ1) is 10.1. The van der Waals surface area contributed by atoms with Gasteiger partial charge in [-0.2, -0.15) is 0 Å². The van der Waals surface area contributed by atoms with Gasteiger partial charge in [0, 0.05) is 16.0 Å². The summed E-state index contributed by atoms with van der Waals surface area (Å²) in [7, 11) is 0. The number of nitrogens with zero attached hydrogens (tertiary/aromatic N) is 2. The molecule has 0 aliphatic heterocycles. The Morgan fingerprint density at radius 2 is 2.07 bits per heavy atom. The largest absolute Gasteiger partial charge is 0.460 e. The van der Waals surface area contributed by atoms with Gasteiger partial charge >= 0.3 is 6.01 Å². The van der Waals surface area contributed by atoms with Crippen LogP contribution in [-0.2, 0) is 0 Å². The van der Waals surface area contributed by atoms with Crippen molar-refractivity contribution in [3.8, 4) is 6.01 Å². The molecule has 1 aliphatic rings. The molecule has 1 aromatic heterocycles. The van der Waals surface area contributed by atoms with Gasteiger partial charge in [0.15, 0.2) is 0 Å². The summed E-state index contributed by atoms with van der Waals surface area (Å²) in [4.78, 5) is 8.16. The highest BCUT2D eigenvalue weighted by Gasteiger charge is 2.30. The fraction of sp³-hybridized carbons (Fsp3) is 0.556. The molecule has 0 saturated heterocycles. The second-order valence-corrected chi connectivity index (χ2v) is 4.74. The molecule has 5 heteroatoms. The number of nitrogens with two attached hydrogens (primary N) is 1. The van der Waals surface area contributed by atoms with Crippen molar-refractivity contribution >= 4 is 22.6 Å². The van der Waals surface area contributed by atoms with E-state index < -0.39 is 0 Å². The topological polar surface area (TPSA) is 61.0 Å². The third-order valence-electron chi connectivity index (χ3n) is 2.39. The summed E-state index contributed by atoms with van der Waals surface area (Å²) >= 11 is 2.17. The summed E-state index contributed by atoms with van der Waals surface area (Å²) in [5.74, 6) is 0.629. The maximum Gasteiger partial charge on any atom is 0.316 e. The highest BCUT2D eigenvalue weighted by Crippen LogP contribution is 2.29. The van der Waals surface area contributed by atoms with Crippen molar-refractivity contribution in [1.29, 1.82) is 0 Å². The number of ether oxygens (including phenoxy) is 1. The SMILES string of the molecule is NCC1CC(Oc2ncc(I)cn2)C1. The zero-order valence-corrected chi connectivity index (χ0v) is 9.85. The van der Waals surface area contributed by atoms with Gasteiger partial charge in [-0.1, -0.05) is 0 Å². The molecule has 0 bridgehead atoms. The van der Waals surface area contributed by atoms with Crippen LogP contribution in [0.15, 0.2) is 12.4 Å². The van der Waals surface area contributed by atoms with Crippen LogP contribution < -0.4 is 10.5 Å². The Hall–Kier alpha value is -0.430. The van der Waals surface area contributed by atoms with Crippen molar-refractivity contribution in [2.45, 2.75) is 18.9 Å². The number of halogens is 1. The zero-order chi connectivity index (χ0) is 9.97. The van der Waals surface area contributed by atoms with E-state index in [1.54, 1.807) is 12.4 Å². The van der Waals surface area contributed by atoms with Gasteiger partial charge in [-0.05, 0) is 47.9 Å². The molecule has 0 spiro atoms. The molecule has 1 aromatic rings. The van der Waals surface area contributed by atoms with Crippen molar-refractivity contribution in [3.05, 3.63) is 16.0 Å². The van der Waals surface area contributed by atoms with Gasteiger partial charge in [-0.25, -0.2) is 9.97 Å². The molecule has 0 atom stereocenters. The Bertz CT molecular complexity index is 297. The van der Waals surface area contributed by atoms with Gasteiger partial charge in [0.1, 0.15) is 6.10 Å². The third kappa shape index (κ3) is 2.33. The summed E-state index contributed by atoms with van der Waals surface area (Å²) in [6.07, 6.45) is 5.84. The molecule has 1 heterocycles. The predicted octanol–water partition coefficient (Wildman–Crippen LogP) is 1.20. The van der Waals surface area contributed by atoms with Crippen molar-refractivity contribution in [1.82, 2.24) is 9.97 Å². The lowest BCUT2D eigenvalue weighted by molar-refractivity contribution is 0.0603. The second kappa shape index (κ2) is 4.39. The van der Waals surface area contributed by atoms with E-state index in [4.69, 9.17) is 10.5 Å². The lowest BCUT2D eigenvalue weighted by atomic mass is 9.82. The van der Waals surface area contributed by atoms with Gasteiger partial charge in [-0.15, -0.1) is 0 Å². The first-order valence-corrected chi connectivity index (χ1v) is 5.70. The van der Waals surface area contributed by atoms with E-state index in [1.165, 1.54) is 0 Å². The number of aromatic nitrogens is 2. The van der Waals surface area contributed by atoms with Gasteiger partial charge in [-0.3, -0.25) is 0 Å². The van der Waals surface area contributed by atoms with E-state index in [0.717, 1.165) is 23.0 Å². The highest BCUT2D eigenvalue weighted by molar-refractivity contribution is 14.1. The molecular formula is C9H12IN3O. The molecule has 2 N–H and O–H groups in total. The van der Waals surface area contributed by atoms with Crippen molar-refractivity contribution in [3.63, 3.8) is 0 Å². The monoisotopic (exact) mass is 305 g/mol. The van der Waals surface area contributed by atoms with Crippen molar-refractivity contribution in [2.24, 2.45) is 11.7 Å². The Morgan fingerprint density at radius 1 is 1.43 bits per heavy atom. The van der Waals surface area contributed by atoms with Crippen LogP contribution in [0, 0.1) is 9.49 Å². The Morgan fingerprint density at radius 3 is 2.64 bits per heavy atom. The smallest absolute Gasteiger partial charge is 0.316 e. The summed E-state index contributed by atoms with van der Waals surface area (Å²) in [6, 6.07) is 0.478. The van der Waals surface area contributed by atoms with E-state index in [-0.39, 0.29) is 6.10 Å². The first-order valence-electron chi connectivity index (χ1n) is 4.62. The maximum atomic E-state index is 5.56. The minimum absolute atomic E-state index is 0.267. The van der Waals surface area contributed by atoms with E-state index in [1.807, 2.05) is 0 Å². The van der Waals surface area contributed by atoms with Crippen LogP contribution >= 0.6 is 22.6 Å². The molecule has 2 rings (SSSR count). The van der Waals surface area contributed by atoms with E-state index in [2.05, 4.69) is 32.6 Å². The molecular weight excluding hydrogens is 293 g/mol. The van der Waals surface area contributed by atoms with Gasteiger partial charge in [0.2, 0.25) is 0 Å². The number of hydrogen-bond donors (Lipinski definition) is 1. The van der Waals surface area contributed by atoms with Crippen LogP contribution in [-0.4, -0.2) is 22.6 Å². The second-order valence-electron chi connectivity index (χ2n) is 3.50. The minimum atomic E-state index is 0.267. The Kier molecular flexibility index (Phi) is 3.17. The first-order chi connectivity index (χ1) is 6.78. The van der Waals surface area contributed by atoms with Crippen LogP contribution in [0.25, 0.3) is 0 Å². The highest BCUT2D eigenvalue weighted by atomic mass is 127. The number of rotatable bonds is 3. The van der Waals surface area contributed by atoms with Gasteiger partial charge < -0.3 is 10.5 Å². The van der Waals surface area contributed by atoms with Crippen LogP contribution in [0.2, 0.25) is 0 Å². The summed E-state index contributed by atoms with van der Waals surface area (Å²) < 4.78 is 6.57. The maximum absolute atomic E-state index is 5.56. The molecule has 4 nitrogen and oxygen atoms in total. The summed E-state index contributed by atoms with van der Waals surface area (Å²) in [5, 5.41) is 0. The quantitative estimate of drug-likeness (QED) is 0.852. The van der Waals surface area contributed by atoms with Crippen LogP contribution in [0.4, 0.5) is 0 Å².